The van der Waals surface area contributed by atoms with E-state index in [1.165, 1.54) is 11.1 Å². The molecule has 0 saturated carbocycles. The van der Waals surface area contributed by atoms with Gasteiger partial charge in [-0.1, -0.05) is 54.6 Å². The molecule has 0 amide bonds. The molecule has 2 aromatic rings. The number of benzene rings is 2. The average Bonchev–Trinajstić information content (AvgIpc) is 2.64. The summed E-state index contributed by atoms with van der Waals surface area (Å²) in [5.41, 5.74) is 2.39. The van der Waals surface area contributed by atoms with Crippen LogP contribution in [0, 0.1) is 0 Å². The highest BCUT2D eigenvalue weighted by Gasteiger charge is 2.30. The van der Waals surface area contributed by atoms with Crippen LogP contribution in [0.2, 0.25) is 0 Å². The first-order valence-electron chi connectivity index (χ1n) is 8.99. The van der Waals surface area contributed by atoms with Crippen molar-refractivity contribution in [2.45, 2.75) is 33.9 Å². The maximum absolute atomic E-state index is 6.22. The van der Waals surface area contributed by atoms with Gasteiger partial charge in [-0.2, -0.15) is 0 Å². The van der Waals surface area contributed by atoms with Gasteiger partial charge in [0.2, 0.25) is 6.23 Å². The quantitative estimate of drug-likeness (QED) is 0.259. The van der Waals surface area contributed by atoms with Gasteiger partial charge in [0, 0.05) is 6.92 Å². The van der Waals surface area contributed by atoms with E-state index in [1.807, 2.05) is 6.07 Å². The summed E-state index contributed by atoms with van der Waals surface area (Å²) in [5.74, 6) is 0.942. The molecule has 1 unspecified atom stereocenters. The third kappa shape index (κ3) is 5.86. The summed E-state index contributed by atoms with van der Waals surface area (Å²) in [7, 11) is 0. The molecular formula is C22H30INO. The molecule has 0 aliphatic heterocycles. The Labute approximate surface area is 170 Å². The van der Waals surface area contributed by atoms with Crippen LogP contribution in [0.25, 0.3) is 12.2 Å². The summed E-state index contributed by atoms with van der Waals surface area (Å²) < 4.78 is 7.20. The van der Waals surface area contributed by atoms with Crippen LogP contribution in [-0.4, -0.2) is 30.3 Å². The van der Waals surface area contributed by atoms with Crippen molar-refractivity contribution >= 4 is 12.2 Å². The first kappa shape index (κ1) is 21.7. The zero-order chi connectivity index (χ0) is 17.4. The molecule has 0 fully saturated rings. The van der Waals surface area contributed by atoms with Gasteiger partial charge in [-0.15, -0.1) is 0 Å². The number of halogens is 1. The van der Waals surface area contributed by atoms with Crippen molar-refractivity contribution in [2.24, 2.45) is 0 Å². The molecule has 2 aromatic carbocycles. The molecule has 0 heterocycles. The second-order valence-corrected chi connectivity index (χ2v) is 6.20. The second-order valence-electron chi connectivity index (χ2n) is 6.20. The van der Waals surface area contributed by atoms with Gasteiger partial charge in [-0.25, -0.2) is 0 Å². The maximum Gasteiger partial charge on any atom is 0.230 e. The van der Waals surface area contributed by atoms with Gasteiger partial charge in [0.05, 0.1) is 19.6 Å². The van der Waals surface area contributed by atoms with Crippen LogP contribution in [-0.2, 0) is 0 Å². The lowest BCUT2D eigenvalue weighted by molar-refractivity contribution is -0.961. The van der Waals surface area contributed by atoms with Gasteiger partial charge in [-0.3, -0.25) is 4.48 Å². The lowest BCUT2D eigenvalue weighted by Crippen LogP contribution is -3.00. The van der Waals surface area contributed by atoms with Gasteiger partial charge in [-0.05, 0) is 44.0 Å². The number of quaternary nitrogens is 1. The van der Waals surface area contributed by atoms with E-state index >= 15 is 0 Å². The predicted octanol–water partition coefficient (Wildman–Crippen LogP) is 2.46. The average molecular weight is 451 g/mol. The molecule has 0 spiro atoms. The Hall–Kier alpha value is -1.33. The molecule has 0 aliphatic carbocycles. The van der Waals surface area contributed by atoms with Crippen molar-refractivity contribution in [3.63, 3.8) is 0 Å². The highest BCUT2D eigenvalue weighted by atomic mass is 127. The highest BCUT2D eigenvalue weighted by Crippen LogP contribution is 2.20. The molecule has 0 N–H and O–H groups in total. The highest BCUT2D eigenvalue weighted by molar-refractivity contribution is 5.69. The Morgan fingerprint density at radius 3 is 1.76 bits per heavy atom. The molecule has 0 radical (unpaired) electrons. The Balaban J connectivity index is 0.00000312. The van der Waals surface area contributed by atoms with Crippen LogP contribution in [0.3, 0.4) is 0 Å². The van der Waals surface area contributed by atoms with E-state index in [-0.39, 0.29) is 30.2 Å². The molecule has 1 atom stereocenters. The van der Waals surface area contributed by atoms with Gasteiger partial charge in [0.25, 0.3) is 0 Å². The summed E-state index contributed by atoms with van der Waals surface area (Å²) in [4.78, 5) is 0. The lowest BCUT2D eigenvalue weighted by Gasteiger charge is -2.40. The summed E-state index contributed by atoms with van der Waals surface area (Å²) in [6, 6.07) is 18.7. The molecular weight excluding hydrogens is 421 g/mol. The minimum atomic E-state index is 0. The van der Waals surface area contributed by atoms with E-state index in [1.54, 1.807) is 0 Å². The van der Waals surface area contributed by atoms with Crippen LogP contribution in [0.15, 0.2) is 54.6 Å². The van der Waals surface area contributed by atoms with Crippen molar-refractivity contribution in [3.8, 4) is 5.75 Å². The number of rotatable bonds is 8. The zero-order valence-corrected chi connectivity index (χ0v) is 17.9. The SMILES string of the molecule is CC[N+](CC)(CC)C(C)Oc1ccc(C=Cc2ccccc2)cc1.[I-]. The largest absolute Gasteiger partial charge is 1.00 e. The fourth-order valence-electron chi connectivity index (χ4n) is 3.17. The monoisotopic (exact) mass is 451 g/mol. The molecule has 0 bridgehead atoms. The van der Waals surface area contributed by atoms with E-state index in [2.05, 4.69) is 88.4 Å². The van der Waals surface area contributed by atoms with Crippen LogP contribution in [0.5, 0.6) is 5.75 Å². The Bertz CT molecular complexity index is 625. The number of ether oxygens (including phenoxy) is 1. The van der Waals surface area contributed by atoms with E-state index in [0.717, 1.165) is 29.9 Å². The predicted molar refractivity (Wildman–Crippen MR) is 104 cm³/mol. The third-order valence-electron chi connectivity index (χ3n) is 5.12. The topological polar surface area (TPSA) is 9.23 Å². The van der Waals surface area contributed by atoms with E-state index < -0.39 is 0 Å². The Kier molecular flexibility index (Phi) is 9.22. The first-order valence-corrected chi connectivity index (χ1v) is 8.99. The maximum atomic E-state index is 6.22. The lowest BCUT2D eigenvalue weighted by atomic mass is 10.1. The van der Waals surface area contributed by atoms with E-state index in [9.17, 15) is 0 Å². The van der Waals surface area contributed by atoms with Gasteiger partial charge >= 0.3 is 0 Å². The molecule has 2 nitrogen and oxygen atoms in total. The van der Waals surface area contributed by atoms with E-state index in [4.69, 9.17) is 4.74 Å². The fourth-order valence-corrected chi connectivity index (χ4v) is 3.17. The Morgan fingerprint density at radius 2 is 1.28 bits per heavy atom. The molecule has 0 saturated heterocycles. The van der Waals surface area contributed by atoms with E-state index in [0.29, 0.717) is 0 Å². The zero-order valence-electron chi connectivity index (χ0n) is 15.8. The molecule has 3 heteroatoms. The summed E-state index contributed by atoms with van der Waals surface area (Å²) >= 11 is 0. The smallest absolute Gasteiger partial charge is 0.230 e. The van der Waals surface area contributed by atoms with Crippen molar-refractivity contribution < 1.29 is 33.2 Å². The molecule has 2 rings (SSSR count). The third-order valence-corrected chi connectivity index (χ3v) is 5.12. The van der Waals surface area contributed by atoms with Crippen molar-refractivity contribution in [1.82, 2.24) is 0 Å². The standard InChI is InChI=1S/C22H30NO.HI/c1-5-23(6-2,7-3)19(4)24-22-17-15-21(16-18-22)14-13-20-11-9-8-10-12-20;/h8-19H,5-7H2,1-4H3;1H/q+1;/p-1. The summed E-state index contributed by atoms with van der Waals surface area (Å²) in [6.45, 7) is 12.2. The normalized spacial score (nSPS) is 12.6. The first-order chi connectivity index (χ1) is 11.6. The van der Waals surface area contributed by atoms with Crippen molar-refractivity contribution in [2.75, 3.05) is 19.6 Å². The second kappa shape index (κ2) is 10.6. The summed E-state index contributed by atoms with van der Waals surface area (Å²) in [6.07, 6.45) is 4.43. The van der Waals surface area contributed by atoms with Gasteiger partial charge < -0.3 is 28.7 Å². The number of hydrogen-bond acceptors (Lipinski definition) is 1. The van der Waals surface area contributed by atoms with Crippen molar-refractivity contribution in [1.29, 1.82) is 0 Å². The van der Waals surface area contributed by atoms with Crippen LogP contribution < -0.4 is 28.7 Å². The van der Waals surface area contributed by atoms with Gasteiger partial charge in [0.15, 0.2) is 0 Å². The fraction of sp³-hybridized carbons (Fsp3) is 0.364. The molecule has 136 valence electrons. The number of hydrogen-bond donors (Lipinski definition) is 0. The molecule has 25 heavy (non-hydrogen) atoms. The minimum absolute atomic E-state index is 0. The van der Waals surface area contributed by atoms with Crippen molar-refractivity contribution in [3.05, 3.63) is 65.7 Å². The van der Waals surface area contributed by atoms with Gasteiger partial charge in [0.1, 0.15) is 5.75 Å². The van der Waals surface area contributed by atoms with Crippen LogP contribution >= 0.6 is 0 Å². The molecule has 0 aromatic heterocycles. The van der Waals surface area contributed by atoms with Crippen LogP contribution in [0.1, 0.15) is 38.8 Å². The summed E-state index contributed by atoms with van der Waals surface area (Å²) in [5, 5.41) is 0. The van der Waals surface area contributed by atoms with Crippen LogP contribution in [0.4, 0.5) is 0 Å². The Morgan fingerprint density at radius 1 is 0.800 bits per heavy atom. The minimum Gasteiger partial charge on any atom is -1.00 e. The number of nitrogens with zero attached hydrogens (tertiary/aromatic N) is 1. The molecule has 0 aliphatic rings.